The fourth-order valence-electron chi connectivity index (χ4n) is 2.56. The van der Waals surface area contributed by atoms with Crippen molar-refractivity contribution in [2.24, 2.45) is 0 Å². The summed E-state index contributed by atoms with van der Waals surface area (Å²) in [6, 6.07) is 18.7. The van der Waals surface area contributed by atoms with Crippen molar-refractivity contribution < 1.29 is 23.5 Å². The summed E-state index contributed by atoms with van der Waals surface area (Å²) in [7, 11) is 0. The molecule has 0 N–H and O–H groups in total. The second-order valence-electron chi connectivity index (χ2n) is 6.13. The van der Waals surface area contributed by atoms with Crippen LogP contribution in [0.25, 0.3) is 0 Å². The highest BCUT2D eigenvalue weighted by atomic mass is 16.6. The molecule has 27 heavy (non-hydrogen) atoms. The SMILES string of the molecule is Cc1c(C(=O)OCc2ccccc2)oc(C(=O)OCc2ccccc2)c1C. The number of rotatable bonds is 6. The molecule has 0 atom stereocenters. The van der Waals surface area contributed by atoms with Gasteiger partial charge in [0.1, 0.15) is 13.2 Å². The largest absolute Gasteiger partial charge is 0.455 e. The van der Waals surface area contributed by atoms with Crippen LogP contribution in [0.4, 0.5) is 0 Å². The van der Waals surface area contributed by atoms with Crippen LogP contribution in [0.1, 0.15) is 43.4 Å². The number of benzene rings is 2. The van der Waals surface area contributed by atoms with Gasteiger partial charge in [0.25, 0.3) is 0 Å². The van der Waals surface area contributed by atoms with Crippen molar-refractivity contribution in [3.8, 4) is 0 Å². The third-order valence-electron chi connectivity index (χ3n) is 4.24. The molecular formula is C22H20O5. The van der Waals surface area contributed by atoms with Crippen LogP contribution >= 0.6 is 0 Å². The molecule has 0 saturated heterocycles. The van der Waals surface area contributed by atoms with E-state index in [1.165, 1.54) is 0 Å². The summed E-state index contributed by atoms with van der Waals surface area (Å²) in [4.78, 5) is 24.7. The van der Waals surface area contributed by atoms with Gasteiger partial charge in [-0.15, -0.1) is 0 Å². The maximum absolute atomic E-state index is 12.3. The third kappa shape index (κ3) is 4.44. The van der Waals surface area contributed by atoms with E-state index in [1.54, 1.807) is 13.8 Å². The molecule has 3 rings (SSSR count). The first kappa shape index (κ1) is 18.5. The van der Waals surface area contributed by atoms with Gasteiger partial charge in [-0.05, 0) is 25.0 Å². The van der Waals surface area contributed by atoms with Gasteiger partial charge in [0, 0.05) is 11.1 Å². The molecule has 0 radical (unpaired) electrons. The Balaban J connectivity index is 1.67. The summed E-state index contributed by atoms with van der Waals surface area (Å²) in [6.45, 7) is 3.69. The van der Waals surface area contributed by atoms with Crippen LogP contribution in [0.2, 0.25) is 0 Å². The van der Waals surface area contributed by atoms with E-state index in [0.29, 0.717) is 11.1 Å². The molecule has 0 bridgehead atoms. The van der Waals surface area contributed by atoms with Crippen LogP contribution in [0, 0.1) is 13.8 Å². The van der Waals surface area contributed by atoms with Crippen molar-refractivity contribution in [3.63, 3.8) is 0 Å². The third-order valence-corrected chi connectivity index (χ3v) is 4.24. The average Bonchev–Trinajstić information content (AvgIpc) is 3.01. The first-order chi connectivity index (χ1) is 13.1. The van der Waals surface area contributed by atoms with E-state index in [9.17, 15) is 9.59 Å². The monoisotopic (exact) mass is 364 g/mol. The lowest BCUT2D eigenvalue weighted by molar-refractivity contribution is 0.0399. The molecule has 0 aliphatic heterocycles. The van der Waals surface area contributed by atoms with Crippen LogP contribution in [0.5, 0.6) is 0 Å². The van der Waals surface area contributed by atoms with Crippen molar-refractivity contribution in [2.75, 3.05) is 0 Å². The van der Waals surface area contributed by atoms with E-state index in [1.807, 2.05) is 60.7 Å². The van der Waals surface area contributed by atoms with Gasteiger partial charge >= 0.3 is 11.9 Å². The molecule has 0 amide bonds. The number of carbonyl (C=O) groups excluding carboxylic acids is 2. The number of esters is 2. The summed E-state index contributed by atoms with van der Waals surface area (Å²) >= 11 is 0. The lowest BCUT2D eigenvalue weighted by Crippen LogP contribution is -2.06. The molecule has 2 aromatic carbocycles. The van der Waals surface area contributed by atoms with Crippen LogP contribution in [0.3, 0.4) is 0 Å². The zero-order valence-corrected chi connectivity index (χ0v) is 15.2. The van der Waals surface area contributed by atoms with Gasteiger partial charge in [-0.2, -0.15) is 0 Å². The average molecular weight is 364 g/mol. The fraction of sp³-hybridized carbons (Fsp3) is 0.182. The minimum absolute atomic E-state index is 0.0232. The van der Waals surface area contributed by atoms with Gasteiger partial charge in [0.05, 0.1) is 0 Å². The van der Waals surface area contributed by atoms with Crippen LogP contribution in [-0.2, 0) is 22.7 Å². The Hall–Kier alpha value is -3.34. The summed E-state index contributed by atoms with van der Waals surface area (Å²) in [5.41, 5.74) is 2.88. The topological polar surface area (TPSA) is 65.7 Å². The van der Waals surface area contributed by atoms with E-state index in [-0.39, 0.29) is 24.7 Å². The summed E-state index contributed by atoms with van der Waals surface area (Å²) in [5.74, 6) is -1.17. The lowest BCUT2D eigenvalue weighted by Gasteiger charge is -2.04. The molecule has 1 heterocycles. The van der Waals surface area contributed by atoms with Crippen molar-refractivity contribution in [2.45, 2.75) is 27.1 Å². The summed E-state index contributed by atoms with van der Waals surface area (Å²) < 4.78 is 16.1. The van der Waals surface area contributed by atoms with Gasteiger partial charge in [0.2, 0.25) is 11.5 Å². The second kappa shape index (κ2) is 8.36. The Morgan fingerprint density at radius 3 is 1.44 bits per heavy atom. The fourth-order valence-corrected chi connectivity index (χ4v) is 2.56. The zero-order valence-electron chi connectivity index (χ0n) is 15.2. The highest BCUT2D eigenvalue weighted by Crippen LogP contribution is 2.23. The van der Waals surface area contributed by atoms with Crippen molar-refractivity contribution in [1.29, 1.82) is 0 Å². The Bertz CT molecular complexity index is 850. The van der Waals surface area contributed by atoms with Gasteiger partial charge in [0.15, 0.2) is 0 Å². The highest BCUT2D eigenvalue weighted by Gasteiger charge is 2.25. The van der Waals surface area contributed by atoms with Crippen molar-refractivity contribution in [3.05, 3.63) is 94.4 Å². The molecule has 138 valence electrons. The molecule has 0 fully saturated rings. The van der Waals surface area contributed by atoms with Crippen molar-refractivity contribution >= 4 is 11.9 Å². The van der Waals surface area contributed by atoms with Gasteiger partial charge < -0.3 is 13.9 Å². The smallest absolute Gasteiger partial charge is 0.374 e. The summed E-state index contributed by atoms with van der Waals surface area (Å²) in [5, 5.41) is 0. The van der Waals surface area contributed by atoms with E-state index >= 15 is 0 Å². The standard InChI is InChI=1S/C22H20O5/c1-15-16(2)20(22(24)26-14-18-11-7-4-8-12-18)27-19(15)21(23)25-13-17-9-5-3-6-10-17/h3-12H,13-14H2,1-2H3. The molecular weight excluding hydrogens is 344 g/mol. The predicted octanol–water partition coefficient (Wildman–Crippen LogP) is 4.61. The zero-order chi connectivity index (χ0) is 19.2. The summed E-state index contributed by atoms with van der Waals surface area (Å²) in [6.07, 6.45) is 0. The van der Waals surface area contributed by atoms with E-state index in [2.05, 4.69) is 0 Å². The number of hydrogen-bond acceptors (Lipinski definition) is 5. The maximum atomic E-state index is 12.3. The van der Waals surface area contributed by atoms with Gasteiger partial charge in [-0.25, -0.2) is 9.59 Å². The number of carbonyl (C=O) groups is 2. The lowest BCUT2D eigenvalue weighted by atomic mass is 10.1. The van der Waals surface area contributed by atoms with Gasteiger partial charge in [-0.3, -0.25) is 0 Å². The van der Waals surface area contributed by atoms with Crippen LogP contribution in [-0.4, -0.2) is 11.9 Å². The Labute approximate surface area is 157 Å². The highest BCUT2D eigenvalue weighted by molar-refractivity contribution is 5.93. The van der Waals surface area contributed by atoms with Crippen molar-refractivity contribution in [1.82, 2.24) is 0 Å². The maximum Gasteiger partial charge on any atom is 0.374 e. The van der Waals surface area contributed by atoms with E-state index in [4.69, 9.17) is 13.9 Å². The number of hydrogen-bond donors (Lipinski definition) is 0. The predicted molar refractivity (Wildman–Crippen MR) is 99.3 cm³/mol. The van der Waals surface area contributed by atoms with E-state index in [0.717, 1.165) is 11.1 Å². The molecule has 0 spiro atoms. The normalized spacial score (nSPS) is 10.4. The first-order valence-corrected chi connectivity index (χ1v) is 8.58. The first-order valence-electron chi connectivity index (χ1n) is 8.58. The Morgan fingerprint density at radius 2 is 1.07 bits per heavy atom. The molecule has 0 unspecified atom stereocenters. The minimum Gasteiger partial charge on any atom is -0.455 e. The molecule has 5 nitrogen and oxygen atoms in total. The molecule has 5 heteroatoms. The van der Waals surface area contributed by atoms with E-state index < -0.39 is 11.9 Å². The van der Waals surface area contributed by atoms with Gasteiger partial charge in [-0.1, -0.05) is 60.7 Å². The molecule has 3 aromatic rings. The second-order valence-corrected chi connectivity index (χ2v) is 6.13. The molecule has 0 aliphatic carbocycles. The number of ether oxygens (including phenoxy) is 2. The minimum atomic E-state index is -0.610. The number of furan rings is 1. The van der Waals surface area contributed by atoms with Crippen LogP contribution < -0.4 is 0 Å². The molecule has 1 aromatic heterocycles. The quantitative estimate of drug-likeness (QED) is 0.598. The Kier molecular flexibility index (Phi) is 5.71. The molecule has 0 saturated carbocycles. The Morgan fingerprint density at radius 1 is 0.704 bits per heavy atom. The molecule has 0 aliphatic rings. The van der Waals surface area contributed by atoms with Crippen LogP contribution in [0.15, 0.2) is 65.1 Å².